The Morgan fingerprint density at radius 3 is 2.61 bits per heavy atom. The molecule has 0 aromatic heterocycles. The third kappa shape index (κ3) is 3.16. The third-order valence-electron chi connectivity index (χ3n) is 3.40. The van der Waals surface area contributed by atoms with E-state index in [1.165, 1.54) is 0 Å². The molecule has 1 fully saturated rings. The van der Waals surface area contributed by atoms with Crippen LogP contribution < -0.4 is 11.1 Å². The topological polar surface area (TPSA) is 55.1 Å². The maximum absolute atomic E-state index is 11.6. The zero-order valence-corrected chi connectivity index (χ0v) is 11.7. The summed E-state index contributed by atoms with van der Waals surface area (Å²) in [7, 11) is 0. The zero-order chi connectivity index (χ0) is 12.3. The summed E-state index contributed by atoms with van der Waals surface area (Å²) >= 11 is 6.02. The minimum atomic E-state index is -0.263. The van der Waals surface area contributed by atoms with E-state index in [9.17, 15) is 4.79 Å². The van der Waals surface area contributed by atoms with Crippen LogP contribution in [-0.2, 0) is 10.3 Å². The lowest BCUT2D eigenvalue weighted by Crippen LogP contribution is -2.46. The number of carbonyl (C=O) groups excluding carboxylic acids is 1. The summed E-state index contributed by atoms with van der Waals surface area (Å²) in [5, 5.41) is 3.77. The molecule has 0 spiro atoms. The second kappa shape index (κ2) is 6.41. The summed E-state index contributed by atoms with van der Waals surface area (Å²) in [6.07, 6.45) is 4.16. The Bertz CT molecular complexity index is 417. The van der Waals surface area contributed by atoms with Gasteiger partial charge in [0, 0.05) is 5.02 Å². The molecule has 0 saturated heterocycles. The van der Waals surface area contributed by atoms with E-state index in [0.29, 0.717) is 5.02 Å². The van der Waals surface area contributed by atoms with Crippen LogP contribution >= 0.6 is 24.0 Å². The van der Waals surface area contributed by atoms with Crippen molar-refractivity contribution in [1.82, 2.24) is 5.32 Å². The van der Waals surface area contributed by atoms with Gasteiger partial charge in [0.15, 0.2) is 0 Å². The van der Waals surface area contributed by atoms with Gasteiger partial charge in [-0.15, -0.1) is 12.4 Å². The number of hydrogen-bond acceptors (Lipinski definition) is 2. The van der Waals surface area contributed by atoms with E-state index in [4.69, 9.17) is 17.3 Å². The third-order valence-corrected chi connectivity index (χ3v) is 3.63. The Labute approximate surface area is 118 Å². The molecule has 1 aromatic rings. The first-order valence-corrected chi connectivity index (χ1v) is 6.31. The van der Waals surface area contributed by atoms with E-state index in [-0.39, 0.29) is 30.4 Å². The first-order chi connectivity index (χ1) is 8.16. The Morgan fingerprint density at radius 1 is 1.39 bits per heavy atom. The molecule has 0 atom stereocenters. The van der Waals surface area contributed by atoms with Gasteiger partial charge in [0.05, 0.1) is 12.1 Å². The van der Waals surface area contributed by atoms with Crippen LogP contribution in [0, 0.1) is 0 Å². The highest BCUT2D eigenvalue weighted by atomic mass is 35.5. The van der Waals surface area contributed by atoms with E-state index < -0.39 is 0 Å². The van der Waals surface area contributed by atoms with Crippen molar-refractivity contribution in [2.75, 3.05) is 6.54 Å². The first-order valence-electron chi connectivity index (χ1n) is 5.93. The molecule has 2 rings (SSSR count). The van der Waals surface area contributed by atoms with Crippen molar-refractivity contribution < 1.29 is 4.79 Å². The Hall–Kier alpha value is -0.770. The fourth-order valence-electron chi connectivity index (χ4n) is 2.57. The number of nitrogens with two attached hydrogens (primary N) is 1. The molecule has 100 valence electrons. The number of amides is 1. The van der Waals surface area contributed by atoms with Gasteiger partial charge in [0.2, 0.25) is 5.91 Å². The van der Waals surface area contributed by atoms with Gasteiger partial charge in [0.25, 0.3) is 0 Å². The van der Waals surface area contributed by atoms with E-state index >= 15 is 0 Å². The van der Waals surface area contributed by atoms with Gasteiger partial charge in [-0.25, -0.2) is 0 Å². The van der Waals surface area contributed by atoms with Gasteiger partial charge in [-0.1, -0.05) is 36.6 Å². The minimum Gasteiger partial charge on any atom is -0.345 e. The molecule has 0 bridgehead atoms. The number of carbonyl (C=O) groups is 1. The van der Waals surface area contributed by atoms with Crippen molar-refractivity contribution in [3.8, 4) is 0 Å². The van der Waals surface area contributed by atoms with Crippen molar-refractivity contribution in [3.63, 3.8) is 0 Å². The van der Waals surface area contributed by atoms with Crippen LogP contribution in [0.1, 0.15) is 31.2 Å². The lowest BCUT2D eigenvalue weighted by molar-refractivity contribution is -0.121. The van der Waals surface area contributed by atoms with E-state index in [0.717, 1.165) is 31.2 Å². The van der Waals surface area contributed by atoms with E-state index in [1.807, 2.05) is 24.3 Å². The first kappa shape index (κ1) is 15.3. The van der Waals surface area contributed by atoms with E-state index in [2.05, 4.69) is 5.32 Å². The molecule has 0 unspecified atom stereocenters. The highest BCUT2D eigenvalue weighted by molar-refractivity contribution is 6.30. The highest BCUT2D eigenvalue weighted by Gasteiger charge is 2.36. The van der Waals surface area contributed by atoms with Crippen molar-refractivity contribution in [2.24, 2.45) is 5.73 Å². The van der Waals surface area contributed by atoms with Gasteiger partial charge in [-0.2, -0.15) is 0 Å². The predicted octanol–water partition coefficient (Wildman–Crippen LogP) is 2.61. The summed E-state index contributed by atoms with van der Waals surface area (Å²) in [5.41, 5.74) is 6.20. The fourth-order valence-corrected chi connectivity index (χ4v) is 2.76. The lowest BCUT2D eigenvalue weighted by Gasteiger charge is -2.31. The SMILES string of the molecule is Cl.NCC(=O)NC1(c2cccc(Cl)c2)CCCC1. The largest absolute Gasteiger partial charge is 0.345 e. The molecule has 3 nitrogen and oxygen atoms in total. The van der Waals surface area contributed by atoms with Gasteiger partial charge >= 0.3 is 0 Å². The van der Waals surface area contributed by atoms with Crippen LogP contribution in [-0.4, -0.2) is 12.5 Å². The molecule has 18 heavy (non-hydrogen) atoms. The number of nitrogens with one attached hydrogen (secondary N) is 1. The second-order valence-electron chi connectivity index (χ2n) is 4.55. The summed E-state index contributed by atoms with van der Waals surface area (Å²) in [6.45, 7) is 0.0301. The summed E-state index contributed by atoms with van der Waals surface area (Å²) in [4.78, 5) is 11.6. The van der Waals surface area contributed by atoms with Gasteiger partial charge in [0.1, 0.15) is 0 Å². The Morgan fingerprint density at radius 2 is 2.06 bits per heavy atom. The average molecular weight is 289 g/mol. The number of rotatable bonds is 3. The minimum absolute atomic E-state index is 0. The van der Waals surface area contributed by atoms with Crippen LogP contribution in [0.2, 0.25) is 5.02 Å². The maximum Gasteiger partial charge on any atom is 0.234 e. The Balaban J connectivity index is 0.00000162. The molecular weight excluding hydrogens is 271 g/mol. The van der Waals surface area contributed by atoms with Crippen molar-refractivity contribution in [3.05, 3.63) is 34.9 Å². The van der Waals surface area contributed by atoms with Crippen LogP contribution in [0.15, 0.2) is 24.3 Å². The summed E-state index contributed by atoms with van der Waals surface area (Å²) in [6, 6.07) is 7.72. The molecule has 1 aliphatic rings. The number of hydrogen-bond donors (Lipinski definition) is 2. The van der Waals surface area contributed by atoms with Gasteiger partial charge in [-0.05, 0) is 30.5 Å². The van der Waals surface area contributed by atoms with Crippen molar-refractivity contribution >= 4 is 29.9 Å². The molecule has 5 heteroatoms. The molecule has 1 aliphatic carbocycles. The van der Waals surface area contributed by atoms with Crippen LogP contribution in [0.5, 0.6) is 0 Å². The number of halogens is 2. The van der Waals surface area contributed by atoms with Crippen LogP contribution in [0.4, 0.5) is 0 Å². The summed E-state index contributed by atoms with van der Waals surface area (Å²) < 4.78 is 0. The average Bonchev–Trinajstić information content (AvgIpc) is 2.79. The zero-order valence-electron chi connectivity index (χ0n) is 10.1. The molecule has 1 aromatic carbocycles. The maximum atomic E-state index is 11.6. The number of benzene rings is 1. The highest BCUT2D eigenvalue weighted by Crippen LogP contribution is 2.39. The second-order valence-corrected chi connectivity index (χ2v) is 4.99. The molecule has 3 N–H and O–H groups in total. The normalized spacial score (nSPS) is 17.0. The fraction of sp³-hybridized carbons (Fsp3) is 0.462. The lowest BCUT2D eigenvalue weighted by atomic mass is 9.88. The van der Waals surface area contributed by atoms with Crippen molar-refractivity contribution in [2.45, 2.75) is 31.2 Å². The van der Waals surface area contributed by atoms with Gasteiger partial charge in [-0.3, -0.25) is 4.79 Å². The molecular formula is C13H18Cl2N2O. The summed E-state index contributed by atoms with van der Waals surface area (Å²) in [5.74, 6) is -0.105. The Kier molecular flexibility index (Phi) is 5.45. The van der Waals surface area contributed by atoms with Crippen LogP contribution in [0.3, 0.4) is 0 Å². The van der Waals surface area contributed by atoms with Gasteiger partial charge < -0.3 is 11.1 Å². The molecule has 0 heterocycles. The molecule has 1 saturated carbocycles. The van der Waals surface area contributed by atoms with Crippen LogP contribution in [0.25, 0.3) is 0 Å². The molecule has 0 radical (unpaired) electrons. The quantitative estimate of drug-likeness (QED) is 0.898. The smallest absolute Gasteiger partial charge is 0.234 e. The molecule has 0 aliphatic heterocycles. The van der Waals surface area contributed by atoms with Crippen molar-refractivity contribution in [1.29, 1.82) is 0 Å². The molecule has 1 amide bonds. The predicted molar refractivity (Wildman–Crippen MR) is 76.0 cm³/mol. The van der Waals surface area contributed by atoms with E-state index in [1.54, 1.807) is 0 Å². The standard InChI is InChI=1S/C13H17ClN2O.ClH/c14-11-5-3-4-10(8-11)13(6-1-2-7-13)16-12(17)9-15;/h3-5,8H,1-2,6-7,9,15H2,(H,16,17);1H. The monoisotopic (exact) mass is 288 g/mol.